The molecule has 5 heteroatoms. The maximum absolute atomic E-state index is 12.8. The number of pyridine rings is 2. The summed E-state index contributed by atoms with van der Waals surface area (Å²) >= 11 is 0. The van der Waals surface area contributed by atoms with E-state index in [9.17, 15) is 4.79 Å². The lowest BCUT2D eigenvalue weighted by Crippen LogP contribution is -2.40. The average molecular weight is 387 g/mol. The molecule has 0 bridgehead atoms. The molecule has 1 aliphatic rings. The maximum Gasteiger partial charge on any atom is 0.228 e. The fraction of sp³-hybridized carbons (Fsp3) is 0.292. The number of hydrogen-bond donors (Lipinski definition) is 0. The van der Waals surface area contributed by atoms with Gasteiger partial charge in [-0.2, -0.15) is 0 Å². The molecule has 0 aliphatic carbocycles. The SMILES string of the molecule is COc1cccc(-c2cccc(C3CCCN(C(=O)Cc4ccccn4)C3)n2)c1. The van der Waals surface area contributed by atoms with Crippen molar-refractivity contribution in [1.29, 1.82) is 0 Å². The minimum atomic E-state index is 0.136. The van der Waals surface area contributed by atoms with Crippen molar-refractivity contribution in [3.63, 3.8) is 0 Å². The van der Waals surface area contributed by atoms with Gasteiger partial charge in [-0.1, -0.05) is 24.3 Å². The molecule has 29 heavy (non-hydrogen) atoms. The Hall–Kier alpha value is -3.21. The summed E-state index contributed by atoms with van der Waals surface area (Å²) in [6.07, 6.45) is 4.12. The molecule has 3 aromatic rings. The van der Waals surface area contributed by atoms with Gasteiger partial charge in [0, 0.05) is 42.2 Å². The first kappa shape index (κ1) is 19.1. The molecule has 1 fully saturated rings. The molecular weight excluding hydrogens is 362 g/mol. The van der Waals surface area contributed by atoms with E-state index in [0.717, 1.165) is 47.8 Å². The van der Waals surface area contributed by atoms with Crippen molar-refractivity contribution in [1.82, 2.24) is 14.9 Å². The zero-order valence-electron chi connectivity index (χ0n) is 16.6. The predicted molar refractivity (Wildman–Crippen MR) is 113 cm³/mol. The molecule has 1 saturated heterocycles. The number of benzene rings is 1. The molecule has 1 amide bonds. The van der Waals surface area contributed by atoms with E-state index in [0.29, 0.717) is 13.0 Å². The number of aromatic nitrogens is 2. The second kappa shape index (κ2) is 8.86. The van der Waals surface area contributed by atoms with Gasteiger partial charge in [0.25, 0.3) is 0 Å². The molecule has 0 N–H and O–H groups in total. The Bertz CT molecular complexity index is 975. The summed E-state index contributed by atoms with van der Waals surface area (Å²) in [6, 6.07) is 19.8. The number of carbonyl (C=O) groups excluding carboxylic acids is 1. The summed E-state index contributed by atoms with van der Waals surface area (Å²) in [5.41, 5.74) is 3.82. The second-order valence-electron chi connectivity index (χ2n) is 7.36. The maximum atomic E-state index is 12.8. The van der Waals surface area contributed by atoms with Crippen molar-refractivity contribution in [3.05, 3.63) is 78.2 Å². The monoisotopic (exact) mass is 387 g/mol. The van der Waals surface area contributed by atoms with Gasteiger partial charge in [-0.05, 0) is 49.2 Å². The van der Waals surface area contributed by atoms with Gasteiger partial charge in [0.2, 0.25) is 5.91 Å². The summed E-state index contributed by atoms with van der Waals surface area (Å²) in [5, 5.41) is 0. The van der Waals surface area contributed by atoms with Crippen LogP contribution in [-0.4, -0.2) is 41.0 Å². The second-order valence-corrected chi connectivity index (χ2v) is 7.36. The Morgan fingerprint density at radius 2 is 2.03 bits per heavy atom. The highest BCUT2D eigenvalue weighted by molar-refractivity contribution is 5.78. The molecular formula is C24H25N3O2. The first-order valence-electron chi connectivity index (χ1n) is 10.0. The lowest BCUT2D eigenvalue weighted by Gasteiger charge is -2.32. The van der Waals surface area contributed by atoms with E-state index in [1.165, 1.54) is 0 Å². The van der Waals surface area contributed by atoms with E-state index < -0.39 is 0 Å². The average Bonchev–Trinajstić information content (AvgIpc) is 2.80. The van der Waals surface area contributed by atoms with E-state index in [2.05, 4.69) is 11.1 Å². The van der Waals surface area contributed by atoms with Crippen LogP contribution in [-0.2, 0) is 11.2 Å². The summed E-state index contributed by atoms with van der Waals surface area (Å²) in [7, 11) is 1.67. The molecule has 5 nitrogen and oxygen atoms in total. The number of piperidine rings is 1. The lowest BCUT2D eigenvalue weighted by atomic mass is 9.93. The molecule has 1 atom stereocenters. The Kier molecular flexibility index (Phi) is 5.84. The standard InChI is InChI=1S/C24H25N3O2/c1-29-21-10-4-7-18(15-21)22-11-5-12-23(26-22)19-8-6-14-27(17-19)24(28)16-20-9-2-3-13-25-20/h2-5,7,9-13,15,19H,6,8,14,16-17H2,1H3. The molecule has 3 heterocycles. The van der Waals surface area contributed by atoms with Crippen LogP contribution in [0.15, 0.2) is 66.9 Å². The number of hydrogen-bond acceptors (Lipinski definition) is 4. The van der Waals surface area contributed by atoms with E-state index in [1.54, 1.807) is 13.3 Å². The smallest absolute Gasteiger partial charge is 0.228 e. The molecule has 1 unspecified atom stereocenters. The van der Waals surface area contributed by atoms with Crippen molar-refractivity contribution in [3.8, 4) is 17.0 Å². The zero-order valence-corrected chi connectivity index (χ0v) is 16.6. The highest BCUT2D eigenvalue weighted by atomic mass is 16.5. The van der Waals surface area contributed by atoms with E-state index >= 15 is 0 Å². The van der Waals surface area contributed by atoms with Crippen LogP contribution < -0.4 is 4.74 Å². The number of rotatable bonds is 5. The van der Waals surface area contributed by atoms with Crippen LogP contribution in [0.5, 0.6) is 5.75 Å². The third kappa shape index (κ3) is 4.62. The highest BCUT2D eigenvalue weighted by Crippen LogP contribution is 2.29. The van der Waals surface area contributed by atoms with E-state index in [-0.39, 0.29) is 11.8 Å². The predicted octanol–water partition coefficient (Wildman–Crippen LogP) is 4.10. The lowest BCUT2D eigenvalue weighted by molar-refractivity contribution is -0.131. The Labute approximate surface area is 171 Å². The van der Waals surface area contributed by atoms with Crippen molar-refractivity contribution in [2.75, 3.05) is 20.2 Å². The normalized spacial score (nSPS) is 16.4. The third-order valence-corrected chi connectivity index (χ3v) is 5.39. The number of carbonyl (C=O) groups is 1. The first-order chi connectivity index (χ1) is 14.2. The van der Waals surface area contributed by atoms with Crippen molar-refractivity contribution in [2.24, 2.45) is 0 Å². The van der Waals surface area contributed by atoms with Crippen LogP contribution in [0.3, 0.4) is 0 Å². The summed E-state index contributed by atoms with van der Waals surface area (Å²) in [6.45, 7) is 1.51. The number of ether oxygens (including phenoxy) is 1. The number of amides is 1. The van der Waals surface area contributed by atoms with Crippen molar-refractivity contribution in [2.45, 2.75) is 25.2 Å². The zero-order chi connectivity index (χ0) is 20.1. The van der Waals surface area contributed by atoms with Gasteiger partial charge < -0.3 is 9.64 Å². The third-order valence-electron chi connectivity index (χ3n) is 5.39. The Morgan fingerprint density at radius 1 is 1.14 bits per heavy atom. The van der Waals surface area contributed by atoms with Gasteiger partial charge in [-0.15, -0.1) is 0 Å². The minimum absolute atomic E-state index is 0.136. The Morgan fingerprint density at radius 3 is 2.86 bits per heavy atom. The first-order valence-corrected chi connectivity index (χ1v) is 10.0. The van der Waals surface area contributed by atoms with Crippen LogP contribution in [0.25, 0.3) is 11.3 Å². The summed E-state index contributed by atoms with van der Waals surface area (Å²) in [4.78, 5) is 23.9. The summed E-state index contributed by atoms with van der Waals surface area (Å²) in [5.74, 6) is 1.21. The van der Waals surface area contributed by atoms with Gasteiger partial charge in [0.1, 0.15) is 5.75 Å². The number of methoxy groups -OCH3 is 1. The topological polar surface area (TPSA) is 55.3 Å². The molecule has 2 aromatic heterocycles. The largest absolute Gasteiger partial charge is 0.497 e. The number of nitrogens with zero attached hydrogens (tertiary/aromatic N) is 3. The molecule has 0 spiro atoms. The van der Waals surface area contributed by atoms with Gasteiger partial charge in [0.05, 0.1) is 19.2 Å². The molecule has 0 saturated carbocycles. The van der Waals surface area contributed by atoms with Crippen LogP contribution >= 0.6 is 0 Å². The van der Waals surface area contributed by atoms with Gasteiger partial charge >= 0.3 is 0 Å². The summed E-state index contributed by atoms with van der Waals surface area (Å²) < 4.78 is 5.34. The van der Waals surface area contributed by atoms with E-state index in [4.69, 9.17) is 9.72 Å². The van der Waals surface area contributed by atoms with Crippen LogP contribution in [0.1, 0.15) is 30.1 Å². The highest BCUT2D eigenvalue weighted by Gasteiger charge is 2.26. The van der Waals surface area contributed by atoms with Crippen LogP contribution in [0.4, 0.5) is 0 Å². The van der Waals surface area contributed by atoms with Crippen LogP contribution in [0, 0.1) is 0 Å². The molecule has 4 rings (SSSR count). The van der Waals surface area contributed by atoms with Crippen LogP contribution in [0.2, 0.25) is 0 Å². The van der Waals surface area contributed by atoms with Gasteiger partial charge in [0.15, 0.2) is 0 Å². The van der Waals surface area contributed by atoms with Gasteiger partial charge in [-0.3, -0.25) is 14.8 Å². The van der Waals surface area contributed by atoms with E-state index in [1.807, 2.05) is 59.5 Å². The molecule has 1 aliphatic heterocycles. The minimum Gasteiger partial charge on any atom is -0.497 e. The van der Waals surface area contributed by atoms with Crippen molar-refractivity contribution < 1.29 is 9.53 Å². The molecule has 148 valence electrons. The fourth-order valence-corrected chi connectivity index (χ4v) is 3.84. The van der Waals surface area contributed by atoms with Crippen molar-refractivity contribution >= 4 is 5.91 Å². The number of likely N-dealkylation sites (tertiary alicyclic amines) is 1. The fourth-order valence-electron chi connectivity index (χ4n) is 3.84. The quantitative estimate of drug-likeness (QED) is 0.661. The molecule has 1 aromatic carbocycles. The Balaban J connectivity index is 1.49. The van der Waals surface area contributed by atoms with Gasteiger partial charge in [-0.25, -0.2) is 0 Å². The molecule has 0 radical (unpaired) electrons.